The van der Waals surface area contributed by atoms with Crippen molar-refractivity contribution in [3.8, 4) is 6.07 Å². The van der Waals surface area contributed by atoms with Gasteiger partial charge in [-0.2, -0.15) is 5.26 Å². The zero-order chi connectivity index (χ0) is 17.6. The van der Waals surface area contributed by atoms with E-state index in [-0.39, 0.29) is 11.7 Å². The number of aromatic nitrogens is 2. The Morgan fingerprint density at radius 3 is 2.35 bits per heavy atom. The van der Waals surface area contributed by atoms with Gasteiger partial charge in [-0.25, -0.2) is 9.97 Å². The van der Waals surface area contributed by atoms with Crippen molar-refractivity contribution in [2.75, 3.05) is 25.0 Å². The molecule has 3 rings (SSSR count). The molecule has 1 aromatic rings. The molecule has 0 radical (unpaired) electrons. The second-order valence-corrected chi connectivity index (χ2v) is 5.20. The minimum absolute atomic E-state index is 0.125. The third kappa shape index (κ3) is 3.98. The summed E-state index contributed by atoms with van der Waals surface area (Å²) in [6, 6.07) is 4.16. The summed E-state index contributed by atoms with van der Waals surface area (Å²) in [6.45, 7) is 11.4. The van der Waals surface area contributed by atoms with E-state index in [0.717, 1.165) is 18.9 Å². The van der Waals surface area contributed by atoms with Crippen LogP contribution in [0.2, 0.25) is 0 Å². The number of carbonyl (C=O) groups is 1. The zero-order valence-electron chi connectivity index (χ0n) is 14.9. The third-order valence-corrected chi connectivity index (χ3v) is 4.16. The molecule has 2 fully saturated rings. The SMILES string of the molecule is CC.CC.CC(=O)N(C)C1[C@H]2CN(c3ccnc(C#N)n3)C[C@@H]12. The van der Waals surface area contributed by atoms with Crippen molar-refractivity contribution in [1.29, 1.82) is 5.26 Å². The Hall–Kier alpha value is -2.16. The first-order chi connectivity index (χ1) is 11.1. The predicted molar refractivity (Wildman–Crippen MR) is 90.9 cm³/mol. The van der Waals surface area contributed by atoms with Crippen molar-refractivity contribution in [3.05, 3.63) is 18.1 Å². The fraction of sp³-hybridized carbons (Fsp3) is 0.647. The van der Waals surface area contributed by atoms with E-state index < -0.39 is 0 Å². The van der Waals surface area contributed by atoms with Gasteiger partial charge < -0.3 is 9.80 Å². The Morgan fingerprint density at radius 2 is 1.87 bits per heavy atom. The second-order valence-electron chi connectivity index (χ2n) is 5.20. The molecule has 2 heterocycles. The molecule has 0 aromatic carbocycles. The Morgan fingerprint density at radius 1 is 1.30 bits per heavy atom. The van der Waals surface area contributed by atoms with Crippen LogP contribution in [0.5, 0.6) is 0 Å². The number of nitriles is 1. The largest absolute Gasteiger partial charge is 0.356 e. The van der Waals surface area contributed by atoms with Crippen LogP contribution in [0.25, 0.3) is 0 Å². The molecule has 1 aliphatic heterocycles. The van der Waals surface area contributed by atoms with Gasteiger partial charge in [0.05, 0.1) is 0 Å². The number of amides is 1. The van der Waals surface area contributed by atoms with Crippen molar-refractivity contribution < 1.29 is 4.79 Å². The summed E-state index contributed by atoms with van der Waals surface area (Å²) in [5.74, 6) is 2.21. The Labute approximate surface area is 139 Å². The summed E-state index contributed by atoms with van der Waals surface area (Å²) < 4.78 is 0. The molecular weight excluding hydrogens is 290 g/mol. The molecule has 1 unspecified atom stereocenters. The highest BCUT2D eigenvalue weighted by Gasteiger charge is 2.58. The van der Waals surface area contributed by atoms with Crippen molar-refractivity contribution in [3.63, 3.8) is 0 Å². The van der Waals surface area contributed by atoms with E-state index in [4.69, 9.17) is 5.26 Å². The Kier molecular flexibility index (Phi) is 6.95. The number of nitrogens with zero attached hydrogens (tertiary/aromatic N) is 5. The highest BCUT2D eigenvalue weighted by atomic mass is 16.2. The molecular formula is C17H27N5O. The van der Waals surface area contributed by atoms with Gasteiger partial charge in [-0.15, -0.1) is 0 Å². The minimum Gasteiger partial charge on any atom is -0.356 e. The molecule has 1 aromatic heterocycles. The smallest absolute Gasteiger partial charge is 0.234 e. The lowest BCUT2D eigenvalue weighted by Crippen LogP contribution is -2.35. The molecule has 6 nitrogen and oxygen atoms in total. The third-order valence-electron chi connectivity index (χ3n) is 4.16. The molecule has 2 aliphatic rings. The number of fused-ring (bicyclic) bond motifs is 1. The maximum absolute atomic E-state index is 11.3. The van der Waals surface area contributed by atoms with Crippen LogP contribution >= 0.6 is 0 Å². The van der Waals surface area contributed by atoms with E-state index in [2.05, 4.69) is 14.9 Å². The van der Waals surface area contributed by atoms with Crippen LogP contribution < -0.4 is 4.90 Å². The molecule has 126 valence electrons. The summed E-state index contributed by atoms with van der Waals surface area (Å²) in [5, 5.41) is 8.80. The number of hydrogen-bond donors (Lipinski definition) is 0. The molecule has 1 amide bonds. The number of rotatable bonds is 2. The van der Waals surface area contributed by atoms with Crippen LogP contribution in [0.15, 0.2) is 12.3 Å². The first-order valence-corrected chi connectivity index (χ1v) is 8.33. The second kappa shape index (κ2) is 8.47. The highest BCUT2D eigenvalue weighted by Crippen LogP contribution is 2.49. The molecule has 0 spiro atoms. The fourth-order valence-electron chi connectivity index (χ4n) is 3.05. The van der Waals surface area contributed by atoms with Gasteiger partial charge in [0.15, 0.2) is 0 Å². The Bertz CT molecular complexity index is 556. The normalized spacial score (nSPS) is 23.3. The molecule has 6 heteroatoms. The number of anilines is 1. The quantitative estimate of drug-likeness (QED) is 0.837. The number of hydrogen-bond acceptors (Lipinski definition) is 5. The van der Waals surface area contributed by atoms with Crippen LogP contribution in [0.4, 0.5) is 5.82 Å². The van der Waals surface area contributed by atoms with E-state index in [1.807, 2.05) is 51.8 Å². The van der Waals surface area contributed by atoms with Gasteiger partial charge in [0.25, 0.3) is 0 Å². The standard InChI is InChI=1S/C13H15N5O.2C2H6/c1-8(19)17(2)13-9-6-18(7-10(9)13)12-3-4-15-11(5-14)16-12;2*1-2/h3-4,9-10,13H,6-7H2,1-2H3;2*1-2H3/t9-,10+,13?;;. The van der Waals surface area contributed by atoms with Gasteiger partial charge >= 0.3 is 0 Å². The molecule has 3 atom stereocenters. The number of carbonyl (C=O) groups excluding carboxylic acids is 1. The van der Waals surface area contributed by atoms with Gasteiger partial charge in [0.1, 0.15) is 11.9 Å². The zero-order valence-corrected chi connectivity index (χ0v) is 14.9. The topological polar surface area (TPSA) is 73.1 Å². The number of piperidine rings is 1. The van der Waals surface area contributed by atoms with Crippen LogP contribution in [0.1, 0.15) is 40.4 Å². The lowest BCUT2D eigenvalue weighted by Gasteiger charge is -2.24. The minimum atomic E-state index is 0.125. The highest BCUT2D eigenvalue weighted by molar-refractivity contribution is 5.74. The molecule has 1 saturated heterocycles. The molecule has 23 heavy (non-hydrogen) atoms. The van der Waals surface area contributed by atoms with Crippen molar-refractivity contribution >= 4 is 11.7 Å². The molecule has 0 N–H and O–H groups in total. The van der Waals surface area contributed by atoms with Crippen molar-refractivity contribution in [2.45, 2.75) is 40.7 Å². The summed E-state index contributed by atoms with van der Waals surface area (Å²) in [7, 11) is 1.87. The van der Waals surface area contributed by atoms with Gasteiger partial charge in [0.2, 0.25) is 11.7 Å². The Balaban J connectivity index is 0.000000615. The molecule has 1 saturated carbocycles. The average Bonchev–Trinajstić information content (AvgIpc) is 3.10. The maximum Gasteiger partial charge on any atom is 0.234 e. The van der Waals surface area contributed by atoms with E-state index in [9.17, 15) is 4.79 Å². The van der Waals surface area contributed by atoms with E-state index in [1.165, 1.54) is 0 Å². The van der Waals surface area contributed by atoms with Crippen LogP contribution in [0, 0.1) is 23.2 Å². The van der Waals surface area contributed by atoms with Crippen molar-refractivity contribution in [1.82, 2.24) is 14.9 Å². The fourth-order valence-corrected chi connectivity index (χ4v) is 3.05. The lowest BCUT2D eigenvalue weighted by atomic mass is 10.3. The first-order valence-electron chi connectivity index (χ1n) is 8.33. The molecule has 1 aliphatic carbocycles. The summed E-state index contributed by atoms with van der Waals surface area (Å²) in [5.41, 5.74) is 0. The van der Waals surface area contributed by atoms with Gasteiger partial charge in [-0.1, -0.05) is 27.7 Å². The summed E-state index contributed by atoms with van der Waals surface area (Å²) in [6.07, 6.45) is 1.62. The summed E-state index contributed by atoms with van der Waals surface area (Å²) in [4.78, 5) is 23.4. The van der Waals surface area contributed by atoms with E-state index >= 15 is 0 Å². The predicted octanol–water partition coefficient (Wildman–Crippen LogP) is 2.31. The first kappa shape index (κ1) is 18.9. The van der Waals surface area contributed by atoms with Crippen LogP contribution in [-0.2, 0) is 4.79 Å². The lowest BCUT2D eigenvalue weighted by molar-refractivity contribution is -0.128. The van der Waals surface area contributed by atoms with Crippen LogP contribution in [-0.4, -0.2) is 47.0 Å². The van der Waals surface area contributed by atoms with Gasteiger partial charge in [-0.05, 0) is 6.07 Å². The van der Waals surface area contributed by atoms with Crippen LogP contribution in [0.3, 0.4) is 0 Å². The van der Waals surface area contributed by atoms with Crippen molar-refractivity contribution in [2.24, 2.45) is 11.8 Å². The van der Waals surface area contributed by atoms with E-state index in [0.29, 0.717) is 17.9 Å². The maximum atomic E-state index is 11.3. The molecule has 0 bridgehead atoms. The average molecular weight is 317 g/mol. The van der Waals surface area contributed by atoms with Gasteiger partial charge in [0, 0.05) is 51.1 Å². The summed E-state index contributed by atoms with van der Waals surface area (Å²) >= 11 is 0. The van der Waals surface area contributed by atoms with Gasteiger partial charge in [-0.3, -0.25) is 4.79 Å². The van der Waals surface area contributed by atoms with E-state index in [1.54, 1.807) is 13.1 Å². The monoisotopic (exact) mass is 317 g/mol.